The summed E-state index contributed by atoms with van der Waals surface area (Å²) in [6, 6.07) is 13.2. The fourth-order valence-electron chi connectivity index (χ4n) is 2.41. The second-order valence-electron chi connectivity index (χ2n) is 5.82. The van der Waals surface area contributed by atoms with Crippen molar-refractivity contribution in [3.63, 3.8) is 0 Å². The molecule has 0 radical (unpaired) electrons. The summed E-state index contributed by atoms with van der Waals surface area (Å²) in [5.74, 6) is -1.18. The van der Waals surface area contributed by atoms with Crippen molar-refractivity contribution in [2.45, 2.75) is 13.5 Å². The summed E-state index contributed by atoms with van der Waals surface area (Å²) in [6.07, 6.45) is 1.13. The van der Waals surface area contributed by atoms with Crippen LogP contribution in [0.3, 0.4) is 0 Å². The lowest BCUT2D eigenvalue weighted by Crippen LogP contribution is -2.37. The molecule has 0 heterocycles. The largest absolute Gasteiger partial charge is 0.351 e. The molecule has 7 heteroatoms. The van der Waals surface area contributed by atoms with E-state index in [1.807, 2.05) is 31.2 Å². The van der Waals surface area contributed by atoms with Gasteiger partial charge in [0.2, 0.25) is 10.0 Å². The zero-order chi connectivity index (χ0) is 18.4. The van der Waals surface area contributed by atoms with E-state index in [9.17, 15) is 17.6 Å². The molecule has 25 heavy (non-hydrogen) atoms. The lowest BCUT2D eigenvalue weighted by Gasteiger charge is -2.20. The summed E-state index contributed by atoms with van der Waals surface area (Å²) in [4.78, 5) is 12.0. The smallest absolute Gasteiger partial charge is 0.254 e. The van der Waals surface area contributed by atoms with Gasteiger partial charge in [-0.2, -0.15) is 4.31 Å². The van der Waals surface area contributed by atoms with Gasteiger partial charge in [-0.25, -0.2) is 12.8 Å². The third-order valence-corrected chi connectivity index (χ3v) is 4.93. The maximum absolute atomic E-state index is 13.6. The van der Waals surface area contributed by atoms with E-state index in [-0.39, 0.29) is 25.2 Å². The first-order chi connectivity index (χ1) is 11.8. The molecule has 2 aromatic carbocycles. The minimum atomic E-state index is -3.44. The zero-order valence-corrected chi connectivity index (χ0v) is 15.0. The molecule has 0 atom stereocenters. The summed E-state index contributed by atoms with van der Waals surface area (Å²) in [5.41, 5.74) is 1.84. The fourth-order valence-corrected chi connectivity index (χ4v) is 3.22. The molecular formula is C18H21FN2O3S. The van der Waals surface area contributed by atoms with Crippen LogP contribution in [0.1, 0.15) is 21.5 Å². The standard InChI is InChI=1S/C18H21FN2O3S/c1-14-6-5-7-15(12-14)13-21(25(2,23)24)11-10-20-18(22)16-8-3-4-9-17(16)19/h3-9,12H,10-11,13H2,1-2H3,(H,20,22). The zero-order valence-electron chi connectivity index (χ0n) is 14.2. The molecule has 134 valence electrons. The molecule has 0 fully saturated rings. The first-order valence-electron chi connectivity index (χ1n) is 7.81. The molecule has 2 aromatic rings. The number of nitrogens with zero attached hydrogens (tertiary/aromatic N) is 1. The number of aryl methyl sites for hydroxylation is 1. The first kappa shape index (κ1) is 19.1. The Morgan fingerprint density at radius 2 is 1.88 bits per heavy atom. The summed E-state index contributed by atoms with van der Waals surface area (Å²) in [7, 11) is -3.44. The highest BCUT2D eigenvalue weighted by Gasteiger charge is 2.18. The van der Waals surface area contributed by atoms with E-state index in [2.05, 4.69) is 5.32 Å². The van der Waals surface area contributed by atoms with Gasteiger partial charge in [-0.05, 0) is 24.6 Å². The number of nitrogens with one attached hydrogen (secondary N) is 1. The van der Waals surface area contributed by atoms with Crippen LogP contribution in [0.4, 0.5) is 4.39 Å². The Labute approximate surface area is 147 Å². The van der Waals surface area contributed by atoms with Crippen molar-refractivity contribution in [3.8, 4) is 0 Å². The number of amides is 1. The quantitative estimate of drug-likeness (QED) is 0.820. The summed E-state index contributed by atoms with van der Waals surface area (Å²) < 4.78 is 38.8. The third kappa shape index (κ3) is 5.65. The van der Waals surface area contributed by atoms with Crippen LogP contribution in [0.15, 0.2) is 48.5 Å². The maximum Gasteiger partial charge on any atom is 0.254 e. The Kier molecular flexibility index (Phi) is 6.27. The number of carbonyl (C=O) groups excluding carboxylic acids is 1. The maximum atomic E-state index is 13.6. The number of benzene rings is 2. The predicted molar refractivity (Wildman–Crippen MR) is 95.2 cm³/mol. The van der Waals surface area contributed by atoms with E-state index in [0.717, 1.165) is 17.4 Å². The minimum Gasteiger partial charge on any atom is -0.351 e. The number of sulfonamides is 1. The molecule has 5 nitrogen and oxygen atoms in total. The number of carbonyl (C=O) groups is 1. The lowest BCUT2D eigenvalue weighted by molar-refractivity contribution is 0.0947. The second-order valence-corrected chi connectivity index (χ2v) is 7.80. The lowest BCUT2D eigenvalue weighted by atomic mass is 10.1. The molecule has 0 saturated heterocycles. The van der Waals surface area contributed by atoms with E-state index in [0.29, 0.717) is 0 Å². The van der Waals surface area contributed by atoms with Crippen molar-refractivity contribution in [1.82, 2.24) is 9.62 Å². The highest BCUT2D eigenvalue weighted by molar-refractivity contribution is 7.88. The molecule has 0 aliphatic rings. The number of hydrogen-bond acceptors (Lipinski definition) is 3. The molecule has 0 aliphatic heterocycles. The molecule has 0 aliphatic carbocycles. The molecular weight excluding hydrogens is 343 g/mol. The minimum absolute atomic E-state index is 0.0629. The number of hydrogen-bond donors (Lipinski definition) is 1. The van der Waals surface area contributed by atoms with Gasteiger partial charge in [0.15, 0.2) is 0 Å². The van der Waals surface area contributed by atoms with Crippen molar-refractivity contribution in [3.05, 3.63) is 71.0 Å². The van der Waals surface area contributed by atoms with Gasteiger partial charge in [-0.3, -0.25) is 4.79 Å². The third-order valence-electron chi connectivity index (χ3n) is 3.68. The summed E-state index contributed by atoms with van der Waals surface area (Å²) >= 11 is 0. The van der Waals surface area contributed by atoms with Gasteiger partial charge < -0.3 is 5.32 Å². The Morgan fingerprint density at radius 1 is 1.16 bits per heavy atom. The van der Waals surface area contributed by atoms with Crippen LogP contribution in [0.2, 0.25) is 0 Å². The van der Waals surface area contributed by atoms with Crippen LogP contribution in [0.25, 0.3) is 0 Å². The van der Waals surface area contributed by atoms with Crippen LogP contribution >= 0.6 is 0 Å². The van der Waals surface area contributed by atoms with Crippen molar-refractivity contribution in [2.75, 3.05) is 19.3 Å². The van der Waals surface area contributed by atoms with E-state index in [1.54, 1.807) is 6.07 Å². The van der Waals surface area contributed by atoms with Crippen molar-refractivity contribution in [1.29, 1.82) is 0 Å². The SMILES string of the molecule is Cc1cccc(CN(CCNC(=O)c2ccccc2F)S(C)(=O)=O)c1. The van der Waals surface area contributed by atoms with Crippen LogP contribution in [-0.4, -0.2) is 38.0 Å². The van der Waals surface area contributed by atoms with Gasteiger partial charge in [0.25, 0.3) is 5.91 Å². The molecule has 2 rings (SSSR count). The average molecular weight is 364 g/mol. The van der Waals surface area contributed by atoms with Gasteiger partial charge in [0, 0.05) is 19.6 Å². The van der Waals surface area contributed by atoms with Gasteiger partial charge in [0.05, 0.1) is 11.8 Å². The number of rotatable bonds is 7. The fraction of sp³-hybridized carbons (Fsp3) is 0.278. The molecule has 0 saturated carbocycles. The topological polar surface area (TPSA) is 66.5 Å². The molecule has 0 unspecified atom stereocenters. The predicted octanol–water partition coefficient (Wildman–Crippen LogP) is 2.33. The van der Waals surface area contributed by atoms with E-state index < -0.39 is 21.7 Å². The van der Waals surface area contributed by atoms with Crippen LogP contribution < -0.4 is 5.32 Å². The molecule has 0 bridgehead atoms. The molecule has 0 spiro atoms. The Morgan fingerprint density at radius 3 is 2.52 bits per heavy atom. The van der Waals surface area contributed by atoms with Crippen molar-refractivity contribution in [2.24, 2.45) is 0 Å². The second kappa shape index (κ2) is 8.22. The first-order valence-corrected chi connectivity index (χ1v) is 9.65. The Bertz CT molecular complexity index is 853. The Hall–Kier alpha value is -2.25. The Balaban J connectivity index is 1.99. The van der Waals surface area contributed by atoms with Gasteiger partial charge in [-0.1, -0.05) is 42.0 Å². The van der Waals surface area contributed by atoms with Crippen LogP contribution in [0, 0.1) is 12.7 Å². The highest BCUT2D eigenvalue weighted by Crippen LogP contribution is 2.10. The van der Waals surface area contributed by atoms with Gasteiger partial charge in [-0.15, -0.1) is 0 Å². The molecule has 1 N–H and O–H groups in total. The van der Waals surface area contributed by atoms with Crippen LogP contribution in [0.5, 0.6) is 0 Å². The van der Waals surface area contributed by atoms with E-state index in [4.69, 9.17) is 0 Å². The summed E-state index contributed by atoms with van der Waals surface area (Å²) in [6.45, 7) is 2.35. The average Bonchev–Trinajstić information content (AvgIpc) is 2.53. The molecule has 1 amide bonds. The van der Waals surface area contributed by atoms with Crippen molar-refractivity contribution >= 4 is 15.9 Å². The number of halogens is 1. The van der Waals surface area contributed by atoms with Crippen molar-refractivity contribution < 1.29 is 17.6 Å². The molecule has 0 aromatic heterocycles. The highest BCUT2D eigenvalue weighted by atomic mass is 32.2. The van der Waals surface area contributed by atoms with E-state index >= 15 is 0 Å². The van der Waals surface area contributed by atoms with Gasteiger partial charge >= 0.3 is 0 Å². The van der Waals surface area contributed by atoms with Crippen LogP contribution in [-0.2, 0) is 16.6 Å². The summed E-state index contributed by atoms with van der Waals surface area (Å²) in [5, 5.41) is 2.55. The monoisotopic (exact) mass is 364 g/mol. The normalized spacial score (nSPS) is 11.5. The van der Waals surface area contributed by atoms with Gasteiger partial charge in [0.1, 0.15) is 5.82 Å². The van der Waals surface area contributed by atoms with E-state index in [1.165, 1.54) is 22.5 Å².